The van der Waals surface area contributed by atoms with Crippen molar-refractivity contribution in [3.63, 3.8) is 0 Å². The molecule has 0 radical (unpaired) electrons. The molecule has 2 aromatic carbocycles. The van der Waals surface area contributed by atoms with Crippen LogP contribution < -0.4 is 14.9 Å². The van der Waals surface area contributed by atoms with Crippen molar-refractivity contribution in [1.29, 1.82) is 0 Å². The van der Waals surface area contributed by atoms with Crippen molar-refractivity contribution < 1.29 is 13.2 Å². The van der Waals surface area contributed by atoms with Gasteiger partial charge in [-0.05, 0) is 61.7 Å². The Balaban J connectivity index is 1.99. The summed E-state index contributed by atoms with van der Waals surface area (Å²) in [6.07, 6.45) is 0. The second kappa shape index (κ2) is 8.65. The molecule has 30 heavy (non-hydrogen) atoms. The van der Waals surface area contributed by atoms with E-state index >= 15 is 0 Å². The number of hydrogen-bond donors (Lipinski definition) is 2. The predicted molar refractivity (Wildman–Crippen MR) is 121 cm³/mol. The highest BCUT2D eigenvalue weighted by Crippen LogP contribution is 2.28. The van der Waals surface area contributed by atoms with E-state index in [2.05, 4.69) is 14.9 Å². The normalized spacial score (nSPS) is 14.5. The van der Waals surface area contributed by atoms with Crippen molar-refractivity contribution in [2.75, 3.05) is 49.9 Å². The van der Waals surface area contributed by atoms with Crippen LogP contribution in [0, 0.1) is 20.8 Å². The number of sulfonamides is 1. The molecule has 8 heteroatoms. The van der Waals surface area contributed by atoms with Crippen LogP contribution in [0.5, 0.6) is 0 Å². The molecule has 1 aliphatic rings. The third-order valence-electron chi connectivity index (χ3n) is 5.42. The molecule has 1 aliphatic heterocycles. The Hall–Kier alpha value is -2.58. The Morgan fingerprint density at radius 1 is 1.00 bits per heavy atom. The number of carbonyl (C=O) groups excluding carboxylic acids is 1. The van der Waals surface area contributed by atoms with Gasteiger partial charge in [0.15, 0.2) is 0 Å². The minimum atomic E-state index is -3.78. The van der Waals surface area contributed by atoms with Gasteiger partial charge in [0.25, 0.3) is 15.9 Å². The quantitative estimate of drug-likeness (QED) is 0.762. The lowest BCUT2D eigenvalue weighted by molar-refractivity contribution is 0.0828. The summed E-state index contributed by atoms with van der Waals surface area (Å²) >= 11 is 0. The van der Waals surface area contributed by atoms with E-state index in [0.29, 0.717) is 16.8 Å². The SMILES string of the molecule is Cc1cc(C)c(S(=O)(=O)Nc2ccc(N3CCNCC3)c(C(=O)N(C)C)c2)cc1C. The minimum Gasteiger partial charge on any atom is -0.368 e. The van der Waals surface area contributed by atoms with E-state index in [-0.39, 0.29) is 10.8 Å². The van der Waals surface area contributed by atoms with E-state index < -0.39 is 10.0 Å². The van der Waals surface area contributed by atoms with Gasteiger partial charge in [-0.3, -0.25) is 9.52 Å². The number of amides is 1. The molecule has 0 bridgehead atoms. The number of rotatable bonds is 5. The van der Waals surface area contributed by atoms with Crippen LogP contribution in [0.25, 0.3) is 0 Å². The van der Waals surface area contributed by atoms with Gasteiger partial charge in [-0.1, -0.05) is 6.07 Å². The number of carbonyl (C=O) groups is 1. The highest BCUT2D eigenvalue weighted by atomic mass is 32.2. The van der Waals surface area contributed by atoms with Crippen LogP contribution in [-0.4, -0.2) is 59.5 Å². The van der Waals surface area contributed by atoms with Gasteiger partial charge < -0.3 is 15.1 Å². The standard InChI is InChI=1S/C22H30N4O3S/c1-15-12-17(3)21(13-16(15)2)30(28,29)24-18-6-7-20(26-10-8-23-9-11-26)19(14-18)22(27)25(4)5/h6-7,12-14,23-24H,8-11H2,1-5H3. The van der Waals surface area contributed by atoms with E-state index in [1.807, 2.05) is 26.0 Å². The van der Waals surface area contributed by atoms with Gasteiger partial charge in [-0.25, -0.2) is 8.42 Å². The summed E-state index contributed by atoms with van der Waals surface area (Å²) in [5.41, 5.74) is 4.33. The average molecular weight is 431 g/mol. The fourth-order valence-electron chi connectivity index (χ4n) is 3.63. The van der Waals surface area contributed by atoms with Crippen LogP contribution in [0.1, 0.15) is 27.0 Å². The summed E-state index contributed by atoms with van der Waals surface area (Å²) in [4.78, 5) is 16.7. The van der Waals surface area contributed by atoms with Crippen molar-refractivity contribution in [2.24, 2.45) is 0 Å². The van der Waals surface area contributed by atoms with Crippen LogP contribution in [-0.2, 0) is 10.0 Å². The molecule has 1 saturated heterocycles. The second-order valence-electron chi connectivity index (χ2n) is 7.98. The van der Waals surface area contributed by atoms with Crippen molar-refractivity contribution in [3.05, 3.63) is 52.6 Å². The van der Waals surface area contributed by atoms with Gasteiger partial charge in [-0.2, -0.15) is 0 Å². The molecule has 0 aliphatic carbocycles. The average Bonchev–Trinajstić information content (AvgIpc) is 2.70. The number of benzene rings is 2. The number of hydrogen-bond acceptors (Lipinski definition) is 5. The number of nitrogens with zero attached hydrogens (tertiary/aromatic N) is 2. The second-order valence-corrected chi connectivity index (χ2v) is 9.63. The fourth-order valence-corrected chi connectivity index (χ4v) is 4.99. The highest BCUT2D eigenvalue weighted by Gasteiger charge is 2.23. The highest BCUT2D eigenvalue weighted by molar-refractivity contribution is 7.92. The van der Waals surface area contributed by atoms with Crippen LogP contribution in [0.15, 0.2) is 35.2 Å². The lowest BCUT2D eigenvalue weighted by Crippen LogP contribution is -2.44. The summed E-state index contributed by atoms with van der Waals surface area (Å²) in [5.74, 6) is -0.160. The largest absolute Gasteiger partial charge is 0.368 e. The Morgan fingerprint density at radius 2 is 1.63 bits per heavy atom. The van der Waals surface area contributed by atoms with Crippen molar-refractivity contribution >= 4 is 27.3 Å². The van der Waals surface area contributed by atoms with Gasteiger partial charge in [-0.15, -0.1) is 0 Å². The molecule has 7 nitrogen and oxygen atoms in total. The molecule has 0 unspecified atom stereocenters. The van der Waals surface area contributed by atoms with Crippen LogP contribution >= 0.6 is 0 Å². The fraction of sp³-hybridized carbons (Fsp3) is 0.409. The maximum Gasteiger partial charge on any atom is 0.262 e. The minimum absolute atomic E-state index is 0.160. The summed E-state index contributed by atoms with van der Waals surface area (Å²) in [6.45, 7) is 8.91. The van der Waals surface area contributed by atoms with Gasteiger partial charge in [0.2, 0.25) is 0 Å². The third kappa shape index (κ3) is 4.60. The van der Waals surface area contributed by atoms with Gasteiger partial charge >= 0.3 is 0 Å². The Labute approximate surface area is 179 Å². The van der Waals surface area contributed by atoms with Crippen LogP contribution in [0.2, 0.25) is 0 Å². The van der Waals surface area contributed by atoms with Crippen molar-refractivity contribution in [3.8, 4) is 0 Å². The lowest BCUT2D eigenvalue weighted by Gasteiger charge is -2.31. The molecular weight excluding hydrogens is 400 g/mol. The Kier molecular flexibility index (Phi) is 6.38. The van der Waals surface area contributed by atoms with Crippen LogP contribution in [0.4, 0.5) is 11.4 Å². The first-order chi connectivity index (χ1) is 14.1. The Morgan fingerprint density at radius 3 is 2.27 bits per heavy atom. The van der Waals surface area contributed by atoms with Gasteiger partial charge in [0.05, 0.1) is 10.5 Å². The third-order valence-corrected chi connectivity index (χ3v) is 6.95. The molecule has 0 atom stereocenters. The lowest BCUT2D eigenvalue weighted by atomic mass is 10.1. The molecule has 3 rings (SSSR count). The van der Waals surface area contributed by atoms with Gasteiger partial charge in [0, 0.05) is 51.6 Å². The maximum atomic E-state index is 13.1. The molecule has 2 aromatic rings. The molecule has 1 heterocycles. The zero-order valence-electron chi connectivity index (χ0n) is 18.2. The zero-order valence-corrected chi connectivity index (χ0v) is 19.1. The van der Waals surface area contributed by atoms with Crippen molar-refractivity contribution in [2.45, 2.75) is 25.7 Å². The number of piperazine rings is 1. The summed E-state index contributed by atoms with van der Waals surface area (Å²) in [6, 6.07) is 8.74. The van der Waals surface area contributed by atoms with E-state index in [1.165, 1.54) is 4.90 Å². The first kappa shape index (κ1) is 22.1. The first-order valence-electron chi connectivity index (χ1n) is 10.0. The first-order valence-corrected chi connectivity index (χ1v) is 11.5. The van der Waals surface area contributed by atoms with E-state index in [9.17, 15) is 13.2 Å². The molecule has 162 valence electrons. The van der Waals surface area contributed by atoms with Crippen molar-refractivity contribution in [1.82, 2.24) is 10.2 Å². The summed E-state index contributed by atoms with van der Waals surface area (Å²) in [7, 11) is -0.395. The van der Waals surface area contributed by atoms with E-state index in [0.717, 1.165) is 43.0 Å². The number of aryl methyl sites for hydroxylation is 3. The zero-order chi connectivity index (χ0) is 22.1. The monoisotopic (exact) mass is 430 g/mol. The molecule has 1 fully saturated rings. The Bertz CT molecular complexity index is 1060. The molecule has 0 aromatic heterocycles. The molecule has 0 saturated carbocycles. The molecule has 0 spiro atoms. The summed E-state index contributed by atoms with van der Waals surface area (Å²) < 4.78 is 28.8. The molecule has 2 N–H and O–H groups in total. The number of nitrogens with one attached hydrogen (secondary N) is 2. The molecule has 1 amide bonds. The smallest absolute Gasteiger partial charge is 0.262 e. The predicted octanol–water partition coefficient (Wildman–Crippen LogP) is 2.52. The topological polar surface area (TPSA) is 81.8 Å². The molecular formula is C22H30N4O3S. The van der Waals surface area contributed by atoms with E-state index in [4.69, 9.17) is 0 Å². The summed E-state index contributed by atoms with van der Waals surface area (Å²) in [5, 5.41) is 3.30. The van der Waals surface area contributed by atoms with Crippen LogP contribution in [0.3, 0.4) is 0 Å². The maximum absolute atomic E-state index is 13.1. The van der Waals surface area contributed by atoms with Gasteiger partial charge in [0.1, 0.15) is 0 Å². The number of anilines is 2. The van der Waals surface area contributed by atoms with E-state index in [1.54, 1.807) is 39.2 Å².